The summed E-state index contributed by atoms with van der Waals surface area (Å²) in [5.74, 6) is -0.647. The van der Waals surface area contributed by atoms with Gasteiger partial charge in [-0.3, -0.25) is 10.1 Å². The Kier molecular flexibility index (Phi) is 3.49. The van der Waals surface area contributed by atoms with Crippen LogP contribution in [0.4, 0.5) is 14.9 Å². The van der Waals surface area contributed by atoms with Gasteiger partial charge in [0.2, 0.25) is 0 Å². The molecule has 8 heteroatoms. The number of nitro benzene ring substituents is 1. The molecule has 0 spiro atoms. The molecule has 16 heavy (non-hydrogen) atoms. The highest BCUT2D eigenvalue weighted by molar-refractivity contribution is 5.86. The van der Waals surface area contributed by atoms with Gasteiger partial charge in [0.25, 0.3) is 5.69 Å². The van der Waals surface area contributed by atoms with Gasteiger partial charge in [-0.1, -0.05) is 0 Å². The van der Waals surface area contributed by atoms with Crippen LogP contribution in [-0.2, 0) is 0 Å². The molecule has 7 nitrogen and oxygen atoms in total. The summed E-state index contributed by atoms with van der Waals surface area (Å²) in [5.41, 5.74) is 6.16. The first-order valence-electron chi connectivity index (χ1n) is 4.03. The second-order valence-electron chi connectivity index (χ2n) is 2.69. The number of hydrazone groups is 1. The molecule has 0 bridgehead atoms. The van der Waals surface area contributed by atoms with Crippen LogP contribution in [0.3, 0.4) is 0 Å². The molecule has 0 fully saturated rings. The van der Waals surface area contributed by atoms with Crippen LogP contribution in [0.5, 0.6) is 0 Å². The third-order valence-corrected chi connectivity index (χ3v) is 1.56. The van der Waals surface area contributed by atoms with E-state index >= 15 is 0 Å². The number of hydrogen-bond donors (Lipinski definition) is 2. The van der Waals surface area contributed by atoms with Crippen LogP contribution >= 0.6 is 0 Å². The second kappa shape index (κ2) is 4.82. The van der Waals surface area contributed by atoms with Crippen LogP contribution < -0.4 is 11.2 Å². The Morgan fingerprint density at radius 3 is 2.88 bits per heavy atom. The van der Waals surface area contributed by atoms with E-state index in [-0.39, 0.29) is 11.3 Å². The average Bonchev–Trinajstić information content (AvgIpc) is 2.16. The molecular formula is C8H7FN4O3. The van der Waals surface area contributed by atoms with Crippen LogP contribution in [0, 0.1) is 15.9 Å². The Bertz CT molecular complexity index is 461. The van der Waals surface area contributed by atoms with Gasteiger partial charge in [-0.2, -0.15) is 5.10 Å². The summed E-state index contributed by atoms with van der Waals surface area (Å²) in [7, 11) is 0. The fraction of sp³-hybridized carbons (Fsp3) is 0. The van der Waals surface area contributed by atoms with E-state index in [4.69, 9.17) is 5.73 Å². The number of carbonyl (C=O) groups excluding carboxylic acids is 1. The summed E-state index contributed by atoms with van der Waals surface area (Å²) >= 11 is 0. The number of rotatable bonds is 3. The molecule has 0 saturated heterocycles. The maximum absolute atomic E-state index is 12.8. The third kappa shape index (κ3) is 3.01. The molecule has 1 rings (SSSR count). The van der Waals surface area contributed by atoms with Crippen molar-refractivity contribution in [2.75, 3.05) is 0 Å². The molecule has 1 aromatic carbocycles. The highest BCUT2D eigenvalue weighted by Gasteiger charge is 2.12. The molecule has 0 aliphatic carbocycles. The summed E-state index contributed by atoms with van der Waals surface area (Å²) in [6.45, 7) is 0. The minimum atomic E-state index is -0.921. The van der Waals surface area contributed by atoms with Crippen molar-refractivity contribution in [1.29, 1.82) is 0 Å². The zero-order valence-electron chi connectivity index (χ0n) is 7.88. The number of hydrogen-bond acceptors (Lipinski definition) is 4. The van der Waals surface area contributed by atoms with E-state index in [2.05, 4.69) is 5.10 Å². The topological polar surface area (TPSA) is 111 Å². The monoisotopic (exact) mass is 226 g/mol. The van der Waals surface area contributed by atoms with E-state index in [1.54, 1.807) is 0 Å². The Labute approximate surface area is 88.9 Å². The number of nitro groups is 1. The highest BCUT2D eigenvalue weighted by Crippen LogP contribution is 2.17. The van der Waals surface area contributed by atoms with Gasteiger partial charge in [0.1, 0.15) is 5.82 Å². The molecule has 0 atom stereocenters. The lowest BCUT2D eigenvalue weighted by molar-refractivity contribution is -0.385. The van der Waals surface area contributed by atoms with Crippen LogP contribution in [0.1, 0.15) is 5.56 Å². The summed E-state index contributed by atoms with van der Waals surface area (Å²) in [6.07, 6.45) is 0.936. The number of nitrogens with one attached hydrogen (secondary N) is 1. The third-order valence-electron chi connectivity index (χ3n) is 1.56. The van der Waals surface area contributed by atoms with E-state index in [1.807, 2.05) is 5.43 Å². The molecule has 0 aliphatic rings. The quantitative estimate of drug-likeness (QED) is 0.450. The predicted molar refractivity (Wildman–Crippen MR) is 53.4 cm³/mol. The Balaban J connectivity index is 3.01. The fourth-order valence-electron chi connectivity index (χ4n) is 0.960. The van der Waals surface area contributed by atoms with Crippen molar-refractivity contribution in [2.24, 2.45) is 10.8 Å². The number of nitrogens with two attached hydrogens (primary N) is 1. The molecule has 0 saturated carbocycles. The zero-order chi connectivity index (χ0) is 12.1. The normalized spacial score (nSPS) is 10.3. The van der Waals surface area contributed by atoms with Crippen molar-refractivity contribution in [3.63, 3.8) is 0 Å². The van der Waals surface area contributed by atoms with E-state index in [0.717, 1.165) is 24.4 Å². The summed E-state index contributed by atoms with van der Waals surface area (Å²) in [6, 6.07) is 1.96. The number of halogens is 1. The van der Waals surface area contributed by atoms with Gasteiger partial charge in [0, 0.05) is 6.07 Å². The van der Waals surface area contributed by atoms with Crippen LogP contribution in [0.15, 0.2) is 23.3 Å². The first-order chi connectivity index (χ1) is 7.50. The lowest BCUT2D eigenvalue weighted by Crippen LogP contribution is -2.24. The molecule has 3 N–H and O–H groups in total. The Morgan fingerprint density at radius 2 is 2.31 bits per heavy atom. The number of amides is 2. The first-order valence-corrected chi connectivity index (χ1v) is 4.03. The van der Waals surface area contributed by atoms with Crippen LogP contribution in [0.2, 0.25) is 0 Å². The lowest BCUT2D eigenvalue weighted by Gasteiger charge is -1.97. The van der Waals surface area contributed by atoms with Gasteiger partial charge in [-0.05, 0) is 12.1 Å². The van der Waals surface area contributed by atoms with E-state index in [1.165, 1.54) is 0 Å². The Morgan fingerprint density at radius 1 is 1.62 bits per heavy atom. The number of nitrogens with zero attached hydrogens (tertiary/aromatic N) is 2. The lowest BCUT2D eigenvalue weighted by atomic mass is 10.2. The van der Waals surface area contributed by atoms with Crippen molar-refractivity contribution in [3.05, 3.63) is 39.7 Å². The van der Waals surface area contributed by atoms with Gasteiger partial charge < -0.3 is 5.73 Å². The van der Waals surface area contributed by atoms with Gasteiger partial charge in [-0.15, -0.1) is 0 Å². The number of benzene rings is 1. The standard InChI is InChI=1S/C8H7FN4O3/c9-6-1-2-7(13(15)16)5(3-6)4-11-12-8(10)14/h1-4H,(H3,10,12,14). The van der Waals surface area contributed by atoms with Crippen molar-refractivity contribution >= 4 is 17.9 Å². The molecule has 0 aliphatic heterocycles. The maximum Gasteiger partial charge on any atom is 0.332 e. The Hall–Kier alpha value is -2.51. The van der Waals surface area contributed by atoms with Crippen LogP contribution in [0.25, 0.3) is 0 Å². The minimum absolute atomic E-state index is 0.0706. The molecule has 0 heterocycles. The second-order valence-corrected chi connectivity index (χ2v) is 2.69. The molecule has 0 radical (unpaired) electrons. The smallest absolute Gasteiger partial charge is 0.332 e. The summed E-state index contributed by atoms with van der Waals surface area (Å²) < 4.78 is 12.8. The van der Waals surface area contributed by atoms with Gasteiger partial charge >= 0.3 is 6.03 Å². The number of primary amides is 1. The van der Waals surface area contributed by atoms with E-state index in [0.29, 0.717) is 0 Å². The van der Waals surface area contributed by atoms with Crippen molar-refractivity contribution < 1.29 is 14.1 Å². The summed E-state index contributed by atoms with van der Waals surface area (Å²) in [4.78, 5) is 20.1. The molecule has 2 amide bonds. The highest BCUT2D eigenvalue weighted by atomic mass is 19.1. The van der Waals surface area contributed by atoms with E-state index in [9.17, 15) is 19.3 Å². The molecular weight excluding hydrogens is 219 g/mol. The molecule has 0 aromatic heterocycles. The van der Waals surface area contributed by atoms with Crippen molar-refractivity contribution in [2.45, 2.75) is 0 Å². The van der Waals surface area contributed by atoms with Gasteiger partial charge in [0.15, 0.2) is 0 Å². The zero-order valence-corrected chi connectivity index (χ0v) is 7.88. The van der Waals surface area contributed by atoms with Crippen molar-refractivity contribution in [1.82, 2.24) is 5.43 Å². The van der Waals surface area contributed by atoms with Crippen LogP contribution in [-0.4, -0.2) is 17.2 Å². The molecule has 0 unspecified atom stereocenters. The largest absolute Gasteiger partial charge is 0.350 e. The van der Waals surface area contributed by atoms with E-state index < -0.39 is 16.8 Å². The fourth-order valence-corrected chi connectivity index (χ4v) is 0.960. The van der Waals surface area contributed by atoms with Gasteiger partial charge in [-0.25, -0.2) is 14.6 Å². The SMILES string of the molecule is NC(=O)NN=Cc1cc(F)ccc1[N+](=O)[O-]. The van der Waals surface area contributed by atoms with Gasteiger partial charge in [0.05, 0.1) is 16.7 Å². The maximum atomic E-state index is 12.8. The minimum Gasteiger partial charge on any atom is -0.350 e. The predicted octanol–water partition coefficient (Wildman–Crippen LogP) is 0.736. The van der Waals surface area contributed by atoms with Crippen molar-refractivity contribution in [3.8, 4) is 0 Å². The average molecular weight is 226 g/mol. The summed E-state index contributed by atoms with van der Waals surface area (Å²) in [5, 5.41) is 13.8. The number of carbonyl (C=O) groups is 1. The first kappa shape index (κ1) is 11.6. The number of urea groups is 1. The molecule has 1 aromatic rings. The molecule has 84 valence electrons.